The predicted molar refractivity (Wildman–Crippen MR) is 81.0 cm³/mol. The van der Waals surface area contributed by atoms with Crippen LogP contribution in [-0.2, 0) is 0 Å². The fourth-order valence-corrected chi connectivity index (χ4v) is 2.98. The summed E-state index contributed by atoms with van der Waals surface area (Å²) in [4.78, 5) is 28.2. The van der Waals surface area contributed by atoms with Crippen molar-refractivity contribution in [1.82, 2.24) is 9.55 Å². The molecule has 5 heteroatoms. The van der Waals surface area contributed by atoms with Crippen molar-refractivity contribution < 1.29 is 4.79 Å². The Hall–Kier alpha value is -1.88. The van der Waals surface area contributed by atoms with E-state index < -0.39 is 0 Å². The molecule has 0 atom stereocenters. The van der Waals surface area contributed by atoms with Gasteiger partial charge in [-0.1, -0.05) is 25.1 Å². The summed E-state index contributed by atoms with van der Waals surface area (Å²) in [6, 6.07) is 9.23. The summed E-state index contributed by atoms with van der Waals surface area (Å²) in [5.74, 6) is 0.692. The molecule has 2 rings (SSSR count). The molecule has 4 nitrogen and oxygen atoms in total. The summed E-state index contributed by atoms with van der Waals surface area (Å²) in [5.41, 5.74) is 1.53. The van der Waals surface area contributed by atoms with Crippen LogP contribution in [0.4, 0.5) is 0 Å². The van der Waals surface area contributed by atoms with Crippen LogP contribution in [0.25, 0.3) is 5.69 Å². The highest BCUT2D eigenvalue weighted by Crippen LogP contribution is 2.23. The number of carbonyl (C=O) groups excluding carboxylic acids is 1. The zero-order valence-corrected chi connectivity index (χ0v) is 12.5. The van der Waals surface area contributed by atoms with Gasteiger partial charge in [0.05, 0.1) is 11.3 Å². The van der Waals surface area contributed by atoms with Gasteiger partial charge in [-0.05, 0) is 31.7 Å². The monoisotopic (exact) mass is 288 g/mol. The van der Waals surface area contributed by atoms with Gasteiger partial charge in [0.25, 0.3) is 0 Å². The van der Waals surface area contributed by atoms with E-state index in [1.807, 2.05) is 37.3 Å². The maximum Gasteiger partial charge on any atom is 0.353 e. The van der Waals surface area contributed by atoms with E-state index in [1.54, 1.807) is 6.92 Å². The third-order valence-electron chi connectivity index (χ3n) is 2.95. The second kappa shape index (κ2) is 6.05. The molecule has 0 aliphatic carbocycles. The van der Waals surface area contributed by atoms with Crippen molar-refractivity contribution in [2.24, 2.45) is 0 Å². The van der Waals surface area contributed by atoms with Crippen LogP contribution >= 0.6 is 11.8 Å². The average molecular weight is 288 g/mol. The molecule has 1 aromatic heterocycles. The molecule has 0 aliphatic rings. The van der Waals surface area contributed by atoms with Gasteiger partial charge in [0, 0.05) is 5.69 Å². The lowest BCUT2D eigenvalue weighted by molar-refractivity contribution is 0.101. The van der Waals surface area contributed by atoms with Crippen molar-refractivity contribution in [3.8, 4) is 5.69 Å². The normalized spacial score (nSPS) is 10.6. The third kappa shape index (κ3) is 2.67. The number of ketones is 1. The van der Waals surface area contributed by atoms with Crippen LogP contribution in [0.1, 0.15) is 29.9 Å². The molecule has 0 aliphatic heterocycles. The minimum atomic E-state index is -0.352. The summed E-state index contributed by atoms with van der Waals surface area (Å²) >= 11 is 1.42. The molecule has 104 valence electrons. The van der Waals surface area contributed by atoms with Crippen molar-refractivity contribution in [1.29, 1.82) is 0 Å². The first-order valence-electron chi connectivity index (χ1n) is 6.39. The largest absolute Gasteiger partial charge is 0.353 e. The van der Waals surface area contributed by atoms with Gasteiger partial charge in [-0.25, -0.2) is 4.79 Å². The van der Waals surface area contributed by atoms with Gasteiger partial charge in [-0.2, -0.15) is 4.98 Å². The van der Waals surface area contributed by atoms with Gasteiger partial charge < -0.3 is 0 Å². The Morgan fingerprint density at radius 2 is 1.95 bits per heavy atom. The standard InChI is InChI=1S/C15H16N2O2S/c1-4-20-14-13(11(3)18)10(2)17(15(19)16-14)12-8-6-5-7-9-12/h5-9H,4H2,1-3H3. The third-order valence-corrected chi connectivity index (χ3v) is 3.80. The topological polar surface area (TPSA) is 52.0 Å². The van der Waals surface area contributed by atoms with Crippen molar-refractivity contribution in [2.45, 2.75) is 25.8 Å². The van der Waals surface area contributed by atoms with Crippen LogP contribution < -0.4 is 5.69 Å². The number of benzene rings is 1. The first-order valence-corrected chi connectivity index (χ1v) is 7.37. The highest BCUT2D eigenvalue weighted by atomic mass is 32.2. The smallest absolute Gasteiger partial charge is 0.294 e. The molecule has 20 heavy (non-hydrogen) atoms. The lowest BCUT2D eigenvalue weighted by atomic mass is 10.1. The summed E-state index contributed by atoms with van der Waals surface area (Å²) in [6.45, 7) is 5.25. The molecular formula is C15H16N2O2S. The number of hydrogen-bond donors (Lipinski definition) is 0. The highest BCUT2D eigenvalue weighted by Gasteiger charge is 2.18. The maximum atomic E-state index is 12.2. The fraction of sp³-hybridized carbons (Fsp3) is 0.267. The number of carbonyl (C=O) groups is 1. The molecule has 1 heterocycles. The van der Waals surface area contributed by atoms with Crippen LogP contribution in [0.5, 0.6) is 0 Å². The van der Waals surface area contributed by atoms with E-state index in [1.165, 1.54) is 23.3 Å². The van der Waals surface area contributed by atoms with Gasteiger partial charge in [0.15, 0.2) is 5.78 Å². The lowest BCUT2D eigenvalue weighted by Gasteiger charge is -2.14. The number of Topliss-reactive ketones (excluding diaryl/α,β-unsaturated/α-hetero) is 1. The molecule has 1 aromatic carbocycles. The Morgan fingerprint density at radius 3 is 2.50 bits per heavy atom. The molecule has 0 unspecified atom stereocenters. The molecule has 0 saturated heterocycles. The van der Waals surface area contributed by atoms with E-state index >= 15 is 0 Å². The molecule has 2 aromatic rings. The second-order valence-corrected chi connectivity index (χ2v) is 5.57. The van der Waals surface area contributed by atoms with Crippen LogP contribution in [-0.4, -0.2) is 21.1 Å². The average Bonchev–Trinajstić information content (AvgIpc) is 2.39. The molecular weight excluding hydrogens is 272 g/mol. The summed E-state index contributed by atoms with van der Waals surface area (Å²) in [7, 11) is 0. The number of thioether (sulfide) groups is 1. The summed E-state index contributed by atoms with van der Waals surface area (Å²) in [5, 5.41) is 0.523. The van der Waals surface area contributed by atoms with Gasteiger partial charge in [0.2, 0.25) is 0 Å². The Balaban J connectivity index is 2.75. The number of rotatable bonds is 4. The predicted octanol–water partition coefficient (Wildman–Crippen LogP) is 2.86. The summed E-state index contributed by atoms with van der Waals surface area (Å²) in [6.07, 6.45) is 0. The van der Waals surface area contributed by atoms with Gasteiger partial charge >= 0.3 is 5.69 Å². The van der Waals surface area contributed by atoms with Crippen LogP contribution in [0.15, 0.2) is 40.2 Å². The zero-order valence-electron chi connectivity index (χ0n) is 11.7. The number of para-hydroxylation sites is 1. The first-order chi connectivity index (χ1) is 9.56. The minimum absolute atomic E-state index is 0.0735. The van der Waals surface area contributed by atoms with Crippen molar-refractivity contribution in [3.05, 3.63) is 52.1 Å². The van der Waals surface area contributed by atoms with Gasteiger partial charge in [0.1, 0.15) is 5.03 Å². The van der Waals surface area contributed by atoms with Crippen molar-refractivity contribution in [3.63, 3.8) is 0 Å². The Labute approximate surface area is 121 Å². The first kappa shape index (κ1) is 14.5. The van der Waals surface area contributed by atoms with Crippen LogP contribution in [0.3, 0.4) is 0 Å². The van der Waals surface area contributed by atoms with Crippen molar-refractivity contribution in [2.75, 3.05) is 5.75 Å². The molecule has 0 spiro atoms. The molecule has 0 N–H and O–H groups in total. The molecule has 0 amide bonds. The molecule has 0 bridgehead atoms. The Morgan fingerprint density at radius 1 is 1.30 bits per heavy atom. The second-order valence-electron chi connectivity index (χ2n) is 4.32. The quantitative estimate of drug-likeness (QED) is 0.493. The maximum absolute atomic E-state index is 12.2. The molecule has 0 radical (unpaired) electrons. The zero-order chi connectivity index (χ0) is 14.7. The highest BCUT2D eigenvalue weighted by molar-refractivity contribution is 7.99. The number of hydrogen-bond acceptors (Lipinski definition) is 4. The van der Waals surface area contributed by atoms with Crippen LogP contribution in [0, 0.1) is 6.92 Å². The van der Waals surface area contributed by atoms with E-state index in [2.05, 4.69) is 4.98 Å². The van der Waals surface area contributed by atoms with E-state index in [4.69, 9.17) is 0 Å². The summed E-state index contributed by atoms with van der Waals surface area (Å²) < 4.78 is 1.48. The van der Waals surface area contributed by atoms with Gasteiger partial charge in [-0.15, -0.1) is 11.8 Å². The fourth-order valence-electron chi connectivity index (χ4n) is 2.13. The Kier molecular flexibility index (Phi) is 4.39. The SMILES string of the molecule is CCSc1nc(=O)n(-c2ccccc2)c(C)c1C(C)=O. The Bertz CT molecular complexity index is 693. The van der Waals surface area contributed by atoms with Crippen molar-refractivity contribution >= 4 is 17.5 Å². The van der Waals surface area contributed by atoms with Crippen LogP contribution in [0.2, 0.25) is 0 Å². The number of nitrogens with zero attached hydrogens (tertiary/aromatic N) is 2. The molecule has 0 saturated carbocycles. The van der Waals surface area contributed by atoms with E-state index in [0.717, 1.165) is 11.4 Å². The number of aromatic nitrogens is 2. The van der Waals surface area contributed by atoms with Gasteiger partial charge in [-0.3, -0.25) is 9.36 Å². The molecule has 0 fully saturated rings. The minimum Gasteiger partial charge on any atom is -0.294 e. The van der Waals surface area contributed by atoms with E-state index in [-0.39, 0.29) is 11.5 Å². The van der Waals surface area contributed by atoms with E-state index in [9.17, 15) is 9.59 Å². The van der Waals surface area contributed by atoms with E-state index in [0.29, 0.717) is 16.3 Å². The lowest BCUT2D eigenvalue weighted by Crippen LogP contribution is -2.27.